The van der Waals surface area contributed by atoms with Gasteiger partial charge in [-0.1, -0.05) is 41.5 Å². The van der Waals surface area contributed by atoms with Crippen LogP contribution in [0.15, 0.2) is 72.8 Å². The smallest absolute Gasteiger partial charge is 0.159 e. The number of hydrogen-bond acceptors (Lipinski definition) is 9. The molecular formula is C44H65N5O4. The van der Waals surface area contributed by atoms with Gasteiger partial charge in [-0.15, -0.1) is 0 Å². The molecular weight excluding hydrogens is 663 g/mol. The maximum Gasteiger partial charge on any atom is 0.159 e. The predicted molar refractivity (Wildman–Crippen MR) is 217 cm³/mol. The van der Waals surface area contributed by atoms with Crippen molar-refractivity contribution in [2.75, 3.05) is 78.7 Å². The molecule has 0 bridgehead atoms. The van der Waals surface area contributed by atoms with Gasteiger partial charge in [-0.2, -0.15) is 10.5 Å². The number of ether oxygens (including phenoxy) is 3. The predicted octanol–water partition coefficient (Wildman–Crippen LogP) is 8.73. The Bertz CT molecular complexity index is 1420. The lowest BCUT2D eigenvalue weighted by Gasteiger charge is -2.17. The summed E-state index contributed by atoms with van der Waals surface area (Å²) in [6, 6.07) is 26.0. The van der Waals surface area contributed by atoms with E-state index in [1.165, 1.54) is 0 Å². The largest absolute Gasteiger partial charge is 0.494 e. The third-order valence-electron chi connectivity index (χ3n) is 8.82. The topological polar surface area (TPSA) is 102 Å². The molecule has 9 nitrogen and oxygen atoms in total. The molecule has 0 aliphatic carbocycles. The zero-order chi connectivity index (χ0) is 39.1. The van der Waals surface area contributed by atoms with Gasteiger partial charge in [0.25, 0.3) is 0 Å². The molecule has 0 unspecified atom stereocenters. The number of Topliss-reactive ketones (excluding diaryl/α,β-unsaturated/α-hetero) is 1. The molecule has 0 spiro atoms. The van der Waals surface area contributed by atoms with E-state index in [4.69, 9.17) is 24.7 Å². The molecule has 0 amide bonds. The van der Waals surface area contributed by atoms with Crippen molar-refractivity contribution in [1.82, 2.24) is 14.7 Å². The standard InChI is InChI=1S/C15H22N2O.C15H23NO2.C14H20N2O/c1-3-17(4-2)11-5-6-12-18-15-9-7-14(13-16)8-10-15;1-4-16(5-2)11-6-12-18-15-9-7-14(8-10-15)13(3)17;1-3-16(4-2)10-5-11-17-14-8-6-13(12-15)7-9-14/h7-10H,3-6,11-12H2,1-2H3;7-10H,4-6,11-12H2,1-3H3;6-9H,3-5,10-11H2,1-2H3. The summed E-state index contributed by atoms with van der Waals surface area (Å²) in [7, 11) is 0. The summed E-state index contributed by atoms with van der Waals surface area (Å²) in [4.78, 5) is 18.3. The van der Waals surface area contributed by atoms with Crippen molar-refractivity contribution in [2.24, 2.45) is 0 Å². The lowest BCUT2D eigenvalue weighted by molar-refractivity contribution is 0.101. The van der Waals surface area contributed by atoms with Crippen LogP contribution in [0, 0.1) is 22.7 Å². The third-order valence-corrected chi connectivity index (χ3v) is 8.82. The number of benzene rings is 3. The molecule has 290 valence electrons. The number of carbonyl (C=O) groups excluding carboxylic acids is 1. The first-order valence-electron chi connectivity index (χ1n) is 19.4. The van der Waals surface area contributed by atoms with Crippen LogP contribution in [0.5, 0.6) is 17.2 Å². The molecule has 3 rings (SSSR count). The Hall–Kier alpha value is -4.41. The average molecular weight is 728 g/mol. The first kappa shape index (κ1) is 46.6. The summed E-state index contributed by atoms with van der Waals surface area (Å²) in [5.41, 5.74) is 2.06. The highest BCUT2D eigenvalue weighted by molar-refractivity contribution is 5.94. The van der Waals surface area contributed by atoms with E-state index in [1.54, 1.807) is 31.2 Å². The van der Waals surface area contributed by atoms with Crippen molar-refractivity contribution in [2.45, 2.75) is 74.1 Å². The molecule has 3 aromatic carbocycles. The molecule has 3 aromatic rings. The fourth-order valence-electron chi connectivity index (χ4n) is 5.24. The molecule has 0 fully saturated rings. The molecule has 0 aliphatic heterocycles. The highest BCUT2D eigenvalue weighted by Gasteiger charge is 2.03. The molecule has 0 N–H and O–H groups in total. The lowest BCUT2D eigenvalue weighted by Crippen LogP contribution is -2.25. The van der Waals surface area contributed by atoms with Crippen LogP contribution >= 0.6 is 0 Å². The van der Waals surface area contributed by atoms with E-state index < -0.39 is 0 Å². The Morgan fingerprint density at radius 2 is 0.792 bits per heavy atom. The number of hydrogen-bond donors (Lipinski definition) is 0. The van der Waals surface area contributed by atoms with E-state index in [0.717, 1.165) is 127 Å². The molecule has 53 heavy (non-hydrogen) atoms. The summed E-state index contributed by atoms with van der Waals surface area (Å²) >= 11 is 0. The van der Waals surface area contributed by atoms with Crippen molar-refractivity contribution in [3.8, 4) is 29.4 Å². The van der Waals surface area contributed by atoms with E-state index >= 15 is 0 Å². The number of carbonyl (C=O) groups is 1. The van der Waals surface area contributed by atoms with Crippen LogP contribution in [0.3, 0.4) is 0 Å². The Balaban J connectivity index is 0.000000398. The van der Waals surface area contributed by atoms with Gasteiger partial charge in [-0.25, -0.2) is 0 Å². The van der Waals surface area contributed by atoms with Crippen molar-refractivity contribution >= 4 is 5.78 Å². The highest BCUT2D eigenvalue weighted by atomic mass is 16.5. The van der Waals surface area contributed by atoms with E-state index in [-0.39, 0.29) is 5.78 Å². The molecule has 0 radical (unpaired) electrons. The zero-order valence-electron chi connectivity index (χ0n) is 33.6. The molecule has 9 heteroatoms. The van der Waals surface area contributed by atoms with Gasteiger partial charge in [0.15, 0.2) is 5.78 Å². The van der Waals surface area contributed by atoms with Gasteiger partial charge in [-0.3, -0.25) is 4.79 Å². The molecule has 0 aliphatic rings. The van der Waals surface area contributed by atoms with Gasteiger partial charge in [0.2, 0.25) is 0 Å². The Morgan fingerprint density at radius 3 is 1.09 bits per heavy atom. The Labute approximate surface area is 321 Å². The second kappa shape index (κ2) is 30.1. The van der Waals surface area contributed by atoms with Gasteiger partial charge in [-0.05, 0) is 151 Å². The highest BCUT2D eigenvalue weighted by Crippen LogP contribution is 2.14. The minimum Gasteiger partial charge on any atom is -0.494 e. The van der Waals surface area contributed by atoms with Gasteiger partial charge in [0.05, 0.1) is 43.1 Å². The molecule has 0 atom stereocenters. The summed E-state index contributed by atoms with van der Waals surface area (Å²) in [6.45, 7) is 26.7. The number of ketones is 1. The zero-order valence-corrected chi connectivity index (χ0v) is 33.6. The molecule has 0 heterocycles. The average Bonchev–Trinajstić information content (AvgIpc) is 3.20. The Kier molecular flexibility index (Phi) is 26.5. The number of nitrogens with zero attached hydrogens (tertiary/aromatic N) is 5. The molecule has 0 saturated carbocycles. The van der Waals surface area contributed by atoms with Crippen LogP contribution in [0.2, 0.25) is 0 Å². The SMILES string of the molecule is CCN(CC)CCCCOc1ccc(C#N)cc1.CCN(CC)CCCOc1ccc(C#N)cc1.CCN(CC)CCCOc1ccc(C(C)=O)cc1. The van der Waals surface area contributed by atoms with Crippen molar-refractivity contribution in [3.63, 3.8) is 0 Å². The van der Waals surface area contributed by atoms with Crippen molar-refractivity contribution in [1.29, 1.82) is 10.5 Å². The van der Waals surface area contributed by atoms with Crippen LogP contribution < -0.4 is 14.2 Å². The number of nitriles is 2. The van der Waals surface area contributed by atoms with Crippen molar-refractivity contribution in [3.05, 3.63) is 89.5 Å². The fourth-order valence-corrected chi connectivity index (χ4v) is 5.24. The summed E-state index contributed by atoms with van der Waals surface area (Å²) in [5, 5.41) is 17.3. The molecule has 0 aromatic heterocycles. The van der Waals surface area contributed by atoms with Crippen LogP contribution in [0.25, 0.3) is 0 Å². The van der Waals surface area contributed by atoms with Crippen LogP contribution in [-0.4, -0.2) is 99.2 Å². The monoisotopic (exact) mass is 728 g/mol. The quantitative estimate of drug-likeness (QED) is 0.0701. The van der Waals surface area contributed by atoms with Crippen molar-refractivity contribution < 1.29 is 19.0 Å². The first-order chi connectivity index (χ1) is 25.8. The maximum absolute atomic E-state index is 11.1. The number of rotatable bonds is 23. The normalized spacial score (nSPS) is 10.4. The lowest BCUT2D eigenvalue weighted by atomic mass is 10.1. The van der Waals surface area contributed by atoms with E-state index in [2.05, 4.69) is 68.4 Å². The first-order valence-corrected chi connectivity index (χ1v) is 19.4. The van der Waals surface area contributed by atoms with Crippen LogP contribution in [0.1, 0.15) is 95.6 Å². The van der Waals surface area contributed by atoms with Crippen LogP contribution in [0.4, 0.5) is 0 Å². The van der Waals surface area contributed by atoms with E-state index in [9.17, 15) is 4.79 Å². The molecule has 0 saturated heterocycles. The van der Waals surface area contributed by atoms with Crippen LogP contribution in [-0.2, 0) is 0 Å². The van der Waals surface area contributed by atoms with E-state index in [0.29, 0.717) is 11.1 Å². The van der Waals surface area contributed by atoms with Gasteiger partial charge < -0.3 is 28.9 Å². The summed E-state index contributed by atoms with van der Waals surface area (Å²) in [6.07, 6.45) is 4.28. The fraction of sp³-hybridized carbons (Fsp3) is 0.523. The second-order valence-corrected chi connectivity index (χ2v) is 12.4. The van der Waals surface area contributed by atoms with Gasteiger partial charge in [0.1, 0.15) is 17.2 Å². The maximum atomic E-state index is 11.1. The summed E-state index contributed by atoms with van der Waals surface area (Å²) < 4.78 is 16.9. The number of unbranched alkanes of at least 4 members (excludes halogenated alkanes) is 1. The minimum atomic E-state index is 0.0862. The minimum absolute atomic E-state index is 0.0862. The van der Waals surface area contributed by atoms with Gasteiger partial charge in [0, 0.05) is 18.7 Å². The van der Waals surface area contributed by atoms with Gasteiger partial charge >= 0.3 is 0 Å². The Morgan fingerprint density at radius 1 is 0.491 bits per heavy atom. The third kappa shape index (κ3) is 21.7. The second-order valence-electron chi connectivity index (χ2n) is 12.4. The summed E-state index contributed by atoms with van der Waals surface area (Å²) in [5.74, 6) is 2.60. The van der Waals surface area contributed by atoms with E-state index in [1.807, 2.05) is 48.5 Å².